The maximum atomic E-state index is 12.2. The van der Waals surface area contributed by atoms with Crippen molar-refractivity contribution in [2.45, 2.75) is 41.4 Å². The average molecular weight is 393 g/mol. The molecule has 0 spiro atoms. The lowest BCUT2D eigenvalue weighted by molar-refractivity contribution is 0.427. The molecule has 1 heterocycles. The predicted molar refractivity (Wildman–Crippen MR) is 79.6 cm³/mol. The van der Waals surface area contributed by atoms with Gasteiger partial charge in [-0.25, -0.2) is 13.1 Å². The van der Waals surface area contributed by atoms with Crippen LogP contribution >= 0.6 is 50.5 Å². The van der Waals surface area contributed by atoms with Crippen LogP contribution in [-0.4, -0.2) is 19.3 Å². The van der Waals surface area contributed by atoms with Gasteiger partial charge in [0, 0.05) is 10.9 Å². The highest BCUT2D eigenvalue weighted by Gasteiger charge is 2.29. The molecule has 0 radical (unpaired) electrons. The summed E-state index contributed by atoms with van der Waals surface area (Å²) < 4.78 is 27.7. The quantitative estimate of drug-likeness (QED) is 0.789. The SMILES string of the molecule is O=S(=O)(NC1CCCCC1Br)c1cc(Cl)sc1Cl. The van der Waals surface area contributed by atoms with Crippen LogP contribution in [0, 0.1) is 0 Å². The van der Waals surface area contributed by atoms with Crippen LogP contribution in [0.2, 0.25) is 8.67 Å². The first kappa shape index (κ1) is 15.1. The van der Waals surface area contributed by atoms with E-state index in [9.17, 15) is 8.42 Å². The van der Waals surface area contributed by atoms with Crippen molar-refractivity contribution in [3.8, 4) is 0 Å². The van der Waals surface area contributed by atoms with E-state index in [1.165, 1.54) is 6.07 Å². The highest BCUT2D eigenvalue weighted by molar-refractivity contribution is 9.09. The van der Waals surface area contributed by atoms with E-state index >= 15 is 0 Å². The van der Waals surface area contributed by atoms with Gasteiger partial charge in [0.1, 0.15) is 9.23 Å². The van der Waals surface area contributed by atoms with E-state index in [4.69, 9.17) is 23.2 Å². The molecular weight excluding hydrogens is 381 g/mol. The normalized spacial score (nSPS) is 25.3. The van der Waals surface area contributed by atoms with Crippen molar-refractivity contribution < 1.29 is 8.42 Å². The van der Waals surface area contributed by atoms with Crippen LogP contribution in [0.4, 0.5) is 0 Å². The van der Waals surface area contributed by atoms with E-state index in [2.05, 4.69) is 20.7 Å². The molecule has 0 saturated heterocycles. The molecule has 0 aromatic carbocycles. The number of thiophene rings is 1. The van der Waals surface area contributed by atoms with Crippen molar-refractivity contribution in [3.63, 3.8) is 0 Å². The van der Waals surface area contributed by atoms with Gasteiger partial charge in [0.15, 0.2) is 0 Å². The van der Waals surface area contributed by atoms with Crippen molar-refractivity contribution >= 4 is 60.5 Å². The molecule has 1 aromatic rings. The highest BCUT2D eigenvalue weighted by Crippen LogP contribution is 2.35. The Labute approximate surface area is 129 Å². The summed E-state index contributed by atoms with van der Waals surface area (Å²) in [5, 5.41) is 0. The maximum absolute atomic E-state index is 12.2. The average Bonchev–Trinajstić information content (AvgIpc) is 2.62. The summed E-state index contributed by atoms with van der Waals surface area (Å²) in [6.07, 6.45) is 3.97. The number of hydrogen-bond acceptors (Lipinski definition) is 3. The summed E-state index contributed by atoms with van der Waals surface area (Å²) in [4.78, 5) is 0.248. The van der Waals surface area contributed by atoms with Gasteiger partial charge < -0.3 is 0 Å². The Hall–Kier alpha value is 0.670. The van der Waals surface area contributed by atoms with Crippen molar-refractivity contribution in [1.82, 2.24) is 4.72 Å². The maximum Gasteiger partial charge on any atom is 0.243 e. The molecule has 3 nitrogen and oxygen atoms in total. The summed E-state index contributed by atoms with van der Waals surface area (Å²) in [5.41, 5.74) is 0. The Morgan fingerprint density at radius 1 is 1.33 bits per heavy atom. The van der Waals surface area contributed by atoms with Crippen LogP contribution in [0.5, 0.6) is 0 Å². The third-order valence-electron chi connectivity index (χ3n) is 2.90. The molecule has 0 aliphatic heterocycles. The molecule has 2 rings (SSSR count). The van der Waals surface area contributed by atoms with E-state index in [0.29, 0.717) is 4.34 Å². The van der Waals surface area contributed by atoms with Gasteiger partial charge in [-0.3, -0.25) is 0 Å². The van der Waals surface area contributed by atoms with Crippen LogP contribution in [0.1, 0.15) is 25.7 Å². The monoisotopic (exact) mass is 391 g/mol. The van der Waals surface area contributed by atoms with Crippen LogP contribution in [0.15, 0.2) is 11.0 Å². The first-order chi connectivity index (χ1) is 8.40. The van der Waals surface area contributed by atoms with Crippen molar-refractivity contribution in [2.75, 3.05) is 0 Å². The molecule has 8 heteroatoms. The van der Waals surface area contributed by atoms with E-state index in [0.717, 1.165) is 37.0 Å². The number of sulfonamides is 1. The lowest BCUT2D eigenvalue weighted by Gasteiger charge is -2.27. The topological polar surface area (TPSA) is 46.2 Å². The van der Waals surface area contributed by atoms with E-state index in [-0.39, 0.29) is 20.1 Å². The molecule has 1 saturated carbocycles. The first-order valence-corrected chi connectivity index (χ1v) is 9.48. The fraction of sp³-hybridized carbons (Fsp3) is 0.600. The predicted octanol–water partition coefficient (Wildman–Crippen LogP) is 4.04. The lowest BCUT2D eigenvalue weighted by atomic mass is 9.96. The van der Waals surface area contributed by atoms with Crippen molar-refractivity contribution in [2.24, 2.45) is 0 Å². The largest absolute Gasteiger partial charge is 0.243 e. The third-order valence-corrected chi connectivity index (χ3v) is 7.24. The molecular formula is C10H12BrCl2NO2S2. The number of nitrogens with one attached hydrogen (secondary N) is 1. The molecule has 1 N–H and O–H groups in total. The van der Waals surface area contributed by atoms with Gasteiger partial charge in [0.05, 0.1) is 4.34 Å². The number of alkyl halides is 1. The molecule has 2 atom stereocenters. The number of halogens is 3. The second kappa shape index (κ2) is 5.97. The standard InChI is InChI=1S/C10H12BrCl2NO2S2/c11-6-3-1-2-4-7(6)14-18(15,16)8-5-9(12)17-10(8)13/h5-7,14H,1-4H2. The van der Waals surface area contributed by atoms with Gasteiger partial charge in [-0.2, -0.15) is 0 Å². The minimum Gasteiger partial charge on any atom is -0.207 e. The molecule has 1 fully saturated rings. The third kappa shape index (κ3) is 3.41. The van der Waals surface area contributed by atoms with Crippen LogP contribution < -0.4 is 4.72 Å². The zero-order valence-electron chi connectivity index (χ0n) is 9.33. The summed E-state index contributed by atoms with van der Waals surface area (Å²) in [7, 11) is -3.59. The lowest BCUT2D eigenvalue weighted by Crippen LogP contribution is -2.42. The first-order valence-electron chi connectivity index (χ1n) is 5.51. The van der Waals surface area contributed by atoms with Gasteiger partial charge >= 0.3 is 0 Å². The highest BCUT2D eigenvalue weighted by atomic mass is 79.9. The second-order valence-electron chi connectivity index (χ2n) is 4.22. The molecule has 2 unspecified atom stereocenters. The summed E-state index contributed by atoms with van der Waals surface area (Å²) >= 11 is 16.2. The molecule has 18 heavy (non-hydrogen) atoms. The molecule has 1 aromatic heterocycles. The second-order valence-corrected chi connectivity index (χ2v) is 9.36. The minimum absolute atomic E-state index is 0.0736. The Bertz CT molecular complexity index is 532. The Balaban J connectivity index is 2.19. The summed E-state index contributed by atoms with van der Waals surface area (Å²) in [5.74, 6) is 0. The number of hydrogen-bond donors (Lipinski definition) is 1. The smallest absolute Gasteiger partial charge is 0.207 e. The summed E-state index contributed by atoms with van der Waals surface area (Å²) in [6, 6.07) is 1.31. The molecule has 1 aliphatic carbocycles. The van der Waals surface area contributed by atoms with Crippen LogP contribution in [-0.2, 0) is 10.0 Å². The van der Waals surface area contributed by atoms with E-state index in [1.54, 1.807) is 0 Å². The van der Waals surface area contributed by atoms with Gasteiger partial charge in [-0.05, 0) is 18.9 Å². The Kier molecular flexibility index (Phi) is 5.00. The number of rotatable bonds is 3. The molecule has 0 bridgehead atoms. The fourth-order valence-electron chi connectivity index (χ4n) is 1.99. The van der Waals surface area contributed by atoms with Gasteiger partial charge in [0.2, 0.25) is 10.0 Å². The zero-order valence-corrected chi connectivity index (χ0v) is 14.1. The summed E-state index contributed by atoms with van der Waals surface area (Å²) in [6.45, 7) is 0. The van der Waals surface area contributed by atoms with Gasteiger partial charge in [-0.15, -0.1) is 11.3 Å². The molecule has 0 amide bonds. The van der Waals surface area contributed by atoms with E-state index in [1.807, 2.05) is 0 Å². The van der Waals surface area contributed by atoms with Gasteiger partial charge in [-0.1, -0.05) is 52.0 Å². The van der Waals surface area contributed by atoms with Gasteiger partial charge in [0.25, 0.3) is 0 Å². The molecule has 102 valence electrons. The fourth-order valence-corrected chi connectivity index (χ4v) is 6.35. The van der Waals surface area contributed by atoms with Crippen molar-refractivity contribution in [3.05, 3.63) is 14.7 Å². The Morgan fingerprint density at radius 3 is 2.56 bits per heavy atom. The van der Waals surface area contributed by atoms with Crippen LogP contribution in [0.25, 0.3) is 0 Å². The molecule has 1 aliphatic rings. The Morgan fingerprint density at radius 2 is 2.00 bits per heavy atom. The zero-order chi connectivity index (χ0) is 13.3. The van der Waals surface area contributed by atoms with Crippen molar-refractivity contribution in [1.29, 1.82) is 0 Å². The van der Waals surface area contributed by atoms with E-state index < -0.39 is 10.0 Å². The minimum atomic E-state index is -3.59. The van der Waals surface area contributed by atoms with Crippen LogP contribution in [0.3, 0.4) is 0 Å².